The maximum Gasteiger partial charge on any atom is 0.294 e. The predicted octanol–water partition coefficient (Wildman–Crippen LogP) is 7.09. The fraction of sp³-hybridized carbons (Fsp3) is 0.258. The molecule has 2 aliphatic rings. The molecule has 3 aromatic rings. The fourth-order valence-electron chi connectivity index (χ4n) is 4.64. The molecule has 13 heteroatoms. The van der Waals surface area contributed by atoms with Gasteiger partial charge in [0, 0.05) is 28.7 Å². The number of halogens is 3. The summed E-state index contributed by atoms with van der Waals surface area (Å²) >= 11 is 15.2. The largest absolute Gasteiger partial charge is 0.490 e. The molecule has 5 rings (SSSR count). The molecule has 9 nitrogen and oxygen atoms in total. The number of carbonyl (C=O) groups excluding carboxylic acids is 3. The summed E-state index contributed by atoms with van der Waals surface area (Å²) in [7, 11) is 0. The Hall–Kier alpha value is -2.97. The number of thioether (sulfide) groups is 1. The van der Waals surface area contributed by atoms with E-state index in [2.05, 4.69) is 32.8 Å². The second-order valence-corrected chi connectivity index (χ2v) is 12.7. The first-order chi connectivity index (χ1) is 21.2. The van der Waals surface area contributed by atoms with Crippen LogP contribution in [0.5, 0.6) is 11.5 Å². The van der Waals surface area contributed by atoms with Gasteiger partial charge in [-0.1, -0.05) is 41.4 Å². The van der Waals surface area contributed by atoms with Crippen molar-refractivity contribution < 1.29 is 28.6 Å². The smallest absolute Gasteiger partial charge is 0.294 e. The zero-order valence-electron chi connectivity index (χ0n) is 23.6. The number of imide groups is 1. The number of nitrogens with one attached hydrogen (secondary N) is 1. The molecule has 230 valence electrons. The predicted molar refractivity (Wildman–Crippen MR) is 182 cm³/mol. The number of carbonyl (C=O) groups is 3. The van der Waals surface area contributed by atoms with Gasteiger partial charge in [0.1, 0.15) is 13.2 Å². The lowest BCUT2D eigenvalue weighted by molar-refractivity contribution is -0.127. The summed E-state index contributed by atoms with van der Waals surface area (Å²) in [6.07, 6.45) is 1.61. The number of morpholine rings is 1. The van der Waals surface area contributed by atoms with E-state index in [1.165, 1.54) is 0 Å². The first-order valence-electron chi connectivity index (χ1n) is 13.7. The SMILES string of the molecule is CCOc1cc(/C=C2/SC(=O)N(CC(=O)Nc3ccccc3N3CCOCC3)C2=O)cc(I)c1OCc1ccc(Cl)cc1Cl. The molecule has 2 saturated heterocycles. The Morgan fingerprint density at radius 3 is 2.61 bits per heavy atom. The molecule has 0 spiro atoms. The van der Waals surface area contributed by atoms with E-state index in [4.69, 9.17) is 37.4 Å². The summed E-state index contributed by atoms with van der Waals surface area (Å²) in [6, 6.07) is 16.2. The third-order valence-electron chi connectivity index (χ3n) is 6.72. The quantitative estimate of drug-likeness (QED) is 0.173. The summed E-state index contributed by atoms with van der Waals surface area (Å²) in [5, 5.41) is 3.37. The molecular formula is C31H28Cl2IN3O6S. The normalized spacial score (nSPS) is 16.0. The average Bonchev–Trinajstić information content (AvgIpc) is 3.25. The summed E-state index contributed by atoms with van der Waals surface area (Å²) < 4.78 is 18.1. The number of benzene rings is 3. The Morgan fingerprint density at radius 2 is 1.86 bits per heavy atom. The molecule has 0 bridgehead atoms. The number of hydrogen-bond donors (Lipinski definition) is 1. The Bertz CT molecular complexity index is 1620. The number of para-hydroxylation sites is 2. The van der Waals surface area contributed by atoms with E-state index in [-0.39, 0.29) is 11.5 Å². The van der Waals surface area contributed by atoms with Gasteiger partial charge in [-0.2, -0.15) is 0 Å². The molecule has 2 aliphatic heterocycles. The topological polar surface area (TPSA) is 97.4 Å². The van der Waals surface area contributed by atoms with Crippen molar-refractivity contribution in [3.63, 3.8) is 0 Å². The second kappa shape index (κ2) is 14.9. The molecule has 3 aromatic carbocycles. The van der Waals surface area contributed by atoms with Crippen molar-refractivity contribution in [2.75, 3.05) is 49.7 Å². The van der Waals surface area contributed by atoms with Crippen LogP contribution >= 0.6 is 57.6 Å². The molecule has 0 unspecified atom stereocenters. The first-order valence-corrected chi connectivity index (χ1v) is 16.4. The van der Waals surface area contributed by atoms with Gasteiger partial charge in [-0.15, -0.1) is 0 Å². The van der Waals surface area contributed by atoms with Gasteiger partial charge in [0.25, 0.3) is 11.1 Å². The molecule has 3 amide bonds. The van der Waals surface area contributed by atoms with E-state index in [0.717, 1.165) is 31.5 Å². The van der Waals surface area contributed by atoms with Gasteiger partial charge in [-0.05, 0) is 89.3 Å². The minimum atomic E-state index is -0.540. The van der Waals surface area contributed by atoms with Gasteiger partial charge in [-0.3, -0.25) is 19.3 Å². The van der Waals surface area contributed by atoms with Crippen molar-refractivity contribution in [3.05, 3.63) is 84.2 Å². The van der Waals surface area contributed by atoms with Gasteiger partial charge in [0.15, 0.2) is 11.5 Å². The fourth-order valence-corrected chi connectivity index (χ4v) is 6.73. The van der Waals surface area contributed by atoms with E-state index < -0.39 is 23.6 Å². The van der Waals surface area contributed by atoms with Crippen LogP contribution in [0.2, 0.25) is 10.0 Å². The van der Waals surface area contributed by atoms with Gasteiger partial charge in [-0.25, -0.2) is 0 Å². The summed E-state index contributed by atoms with van der Waals surface area (Å²) in [5.74, 6) is -0.00181. The standard InChI is InChI=1S/C31H28Cl2IN3O6S/c1-2-42-26-14-19(13-23(34)29(26)43-18-20-7-8-21(32)16-22(20)33)15-27-30(39)37(31(40)44-27)17-28(38)35-24-5-3-4-6-25(24)36-9-11-41-12-10-36/h3-8,13-16H,2,9-12,17-18H2,1H3,(H,35,38)/b27-15+. The van der Waals surface area contributed by atoms with Crippen LogP contribution in [0.1, 0.15) is 18.1 Å². The number of nitrogens with zero attached hydrogens (tertiary/aromatic N) is 2. The van der Waals surface area contributed by atoms with Gasteiger partial charge in [0.05, 0.1) is 39.7 Å². The maximum atomic E-state index is 13.2. The molecule has 0 saturated carbocycles. The van der Waals surface area contributed by atoms with Crippen LogP contribution < -0.4 is 19.7 Å². The highest BCUT2D eigenvalue weighted by atomic mass is 127. The van der Waals surface area contributed by atoms with Gasteiger partial charge >= 0.3 is 0 Å². The van der Waals surface area contributed by atoms with Crippen molar-refractivity contribution in [3.8, 4) is 11.5 Å². The number of hydrogen-bond acceptors (Lipinski definition) is 8. The van der Waals surface area contributed by atoms with E-state index >= 15 is 0 Å². The highest BCUT2D eigenvalue weighted by molar-refractivity contribution is 14.1. The van der Waals surface area contributed by atoms with Crippen LogP contribution in [0.3, 0.4) is 0 Å². The second-order valence-electron chi connectivity index (χ2n) is 9.72. The van der Waals surface area contributed by atoms with Crippen LogP contribution in [-0.4, -0.2) is 61.4 Å². The van der Waals surface area contributed by atoms with E-state index in [1.54, 1.807) is 36.4 Å². The number of rotatable bonds is 10. The monoisotopic (exact) mass is 767 g/mol. The maximum absolute atomic E-state index is 13.2. The molecule has 2 fully saturated rings. The number of anilines is 2. The molecule has 0 aliphatic carbocycles. The van der Waals surface area contributed by atoms with Crippen molar-refractivity contribution in [2.45, 2.75) is 13.5 Å². The third kappa shape index (κ3) is 7.81. The Morgan fingerprint density at radius 1 is 1.09 bits per heavy atom. The van der Waals surface area contributed by atoms with Crippen molar-refractivity contribution in [2.24, 2.45) is 0 Å². The van der Waals surface area contributed by atoms with Gasteiger partial charge in [0.2, 0.25) is 5.91 Å². The summed E-state index contributed by atoms with van der Waals surface area (Å²) in [5.41, 5.74) is 2.88. The zero-order valence-corrected chi connectivity index (χ0v) is 28.1. The minimum Gasteiger partial charge on any atom is -0.490 e. The van der Waals surface area contributed by atoms with Crippen molar-refractivity contribution >= 4 is 92.1 Å². The van der Waals surface area contributed by atoms with Crippen LogP contribution in [0.15, 0.2) is 59.5 Å². The van der Waals surface area contributed by atoms with E-state index in [9.17, 15) is 14.4 Å². The van der Waals surface area contributed by atoms with Crippen molar-refractivity contribution in [1.29, 1.82) is 0 Å². The Kier molecular flexibility index (Phi) is 11.0. The molecule has 0 radical (unpaired) electrons. The van der Waals surface area contributed by atoms with Crippen LogP contribution in [0.25, 0.3) is 6.08 Å². The van der Waals surface area contributed by atoms with Crippen LogP contribution in [0.4, 0.5) is 16.2 Å². The lowest BCUT2D eigenvalue weighted by atomic mass is 10.1. The molecule has 0 aromatic heterocycles. The lowest BCUT2D eigenvalue weighted by Gasteiger charge is -2.30. The summed E-state index contributed by atoms with van der Waals surface area (Å²) in [6.45, 7) is 4.65. The highest BCUT2D eigenvalue weighted by Gasteiger charge is 2.36. The zero-order chi connectivity index (χ0) is 31.2. The molecule has 0 atom stereocenters. The first kappa shape index (κ1) is 32.4. The molecule has 44 heavy (non-hydrogen) atoms. The van der Waals surface area contributed by atoms with Crippen molar-refractivity contribution in [1.82, 2.24) is 4.90 Å². The van der Waals surface area contributed by atoms with Crippen LogP contribution in [0, 0.1) is 3.57 Å². The summed E-state index contributed by atoms with van der Waals surface area (Å²) in [4.78, 5) is 42.3. The minimum absolute atomic E-state index is 0.198. The number of ether oxygens (including phenoxy) is 3. The lowest BCUT2D eigenvalue weighted by Crippen LogP contribution is -2.38. The van der Waals surface area contributed by atoms with Crippen LogP contribution in [-0.2, 0) is 20.9 Å². The van der Waals surface area contributed by atoms with E-state index in [1.807, 2.05) is 31.2 Å². The van der Waals surface area contributed by atoms with Gasteiger partial charge < -0.3 is 24.4 Å². The van der Waals surface area contributed by atoms with E-state index in [0.29, 0.717) is 65.7 Å². The average molecular weight is 768 g/mol. The Labute approximate surface area is 282 Å². The third-order valence-corrected chi connectivity index (χ3v) is 9.02. The number of amides is 3. The molecule has 1 N–H and O–H groups in total. The highest BCUT2D eigenvalue weighted by Crippen LogP contribution is 2.38. The molecule has 2 heterocycles. The molecular weight excluding hydrogens is 740 g/mol. The Balaban J connectivity index is 1.28.